The summed E-state index contributed by atoms with van der Waals surface area (Å²) in [5.74, 6) is 0.895. The SMILES string of the molecule is CCc1ccccc1OCc1nc(C)c(C#N)s1. The van der Waals surface area contributed by atoms with Crippen LogP contribution in [0.2, 0.25) is 0 Å². The van der Waals surface area contributed by atoms with E-state index in [1.807, 2.05) is 25.1 Å². The molecule has 1 heterocycles. The molecule has 0 aliphatic heterocycles. The Morgan fingerprint density at radius 2 is 2.17 bits per heavy atom. The number of rotatable bonds is 4. The van der Waals surface area contributed by atoms with E-state index in [0.717, 1.165) is 22.9 Å². The summed E-state index contributed by atoms with van der Waals surface area (Å²) in [5.41, 5.74) is 1.97. The Hall–Kier alpha value is -1.86. The van der Waals surface area contributed by atoms with Crippen molar-refractivity contribution in [1.29, 1.82) is 5.26 Å². The third-order valence-corrected chi connectivity index (χ3v) is 3.68. The Labute approximate surface area is 111 Å². The van der Waals surface area contributed by atoms with Gasteiger partial charge in [-0.1, -0.05) is 25.1 Å². The third kappa shape index (κ3) is 2.69. The fourth-order valence-corrected chi connectivity index (χ4v) is 2.47. The number of nitriles is 1. The van der Waals surface area contributed by atoms with Crippen molar-refractivity contribution in [1.82, 2.24) is 4.98 Å². The number of hydrogen-bond acceptors (Lipinski definition) is 4. The van der Waals surface area contributed by atoms with Crippen LogP contribution in [0.15, 0.2) is 24.3 Å². The molecule has 2 rings (SSSR count). The van der Waals surface area contributed by atoms with Gasteiger partial charge in [-0.2, -0.15) is 5.26 Å². The number of hydrogen-bond donors (Lipinski definition) is 0. The van der Waals surface area contributed by atoms with Crippen LogP contribution in [-0.2, 0) is 13.0 Å². The van der Waals surface area contributed by atoms with Crippen LogP contribution in [0.5, 0.6) is 5.75 Å². The summed E-state index contributed by atoms with van der Waals surface area (Å²) in [6.07, 6.45) is 0.941. The van der Waals surface area contributed by atoms with Crippen LogP contribution in [-0.4, -0.2) is 4.98 Å². The van der Waals surface area contributed by atoms with Gasteiger partial charge < -0.3 is 4.74 Å². The number of ether oxygens (including phenoxy) is 1. The van der Waals surface area contributed by atoms with E-state index in [9.17, 15) is 0 Å². The zero-order chi connectivity index (χ0) is 13.0. The third-order valence-electron chi connectivity index (χ3n) is 2.65. The van der Waals surface area contributed by atoms with Crippen LogP contribution in [0.3, 0.4) is 0 Å². The van der Waals surface area contributed by atoms with Gasteiger partial charge in [0.2, 0.25) is 0 Å². The van der Waals surface area contributed by atoms with E-state index < -0.39 is 0 Å². The number of nitrogens with zero attached hydrogens (tertiary/aromatic N) is 2. The van der Waals surface area contributed by atoms with E-state index in [-0.39, 0.29) is 0 Å². The molecule has 0 aliphatic carbocycles. The molecule has 3 nitrogen and oxygen atoms in total. The minimum atomic E-state index is 0.421. The maximum Gasteiger partial charge on any atom is 0.140 e. The Kier molecular flexibility index (Phi) is 3.96. The predicted molar refractivity (Wildman–Crippen MR) is 71.7 cm³/mol. The smallest absolute Gasteiger partial charge is 0.140 e. The summed E-state index contributed by atoms with van der Waals surface area (Å²) >= 11 is 1.39. The second-order valence-corrected chi connectivity index (χ2v) is 4.97. The summed E-state index contributed by atoms with van der Waals surface area (Å²) in [4.78, 5) is 4.99. The zero-order valence-electron chi connectivity index (χ0n) is 10.4. The van der Waals surface area contributed by atoms with Crippen molar-refractivity contribution in [2.45, 2.75) is 26.9 Å². The molecule has 0 amide bonds. The second kappa shape index (κ2) is 5.65. The lowest BCUT2D eigenvalue weighted by Gasteiger charge is -2.08. The quantitative estimate of drug-likeness (QED) is 0.843. The van der Waals surface area contributed by atoms with E-state index in [1.54, 1.807) is 0 Å². The first-order chi connectivity index (χ1) is 8.74. The Morgan fingerprint density at radius 3 is 2.83 bits per heavy atom. The molecule has 92 valence electrons. The molecule has 0 bridgehead atoms. The van der Waals surface area contributed by atoms with Crippen LogP contribution in [0.4, 0.5) is 0 Å². The van der Waals surface area contributed by atoms with Gasteiger partial charge >= 0.3 is 0 Å². The number of benzene rings is 1. The molecule has 0 unspecified atom stereocenters. The Bertz CT molecular complexity index is 584. The molecular formula is C14H14N2OS. The highest BCUT2D eigenvalue weighted by atomic mass is 32.1. The average molecular weight is 258 g/mol. The van der Waals surface area contributed by atoms with Crippen molar-refractivity contribution < 1.29 is 4.74 Å². The van der Waals surface area contributed by atoms with Gasteiger partial charge in [0.25, 0.3) is 0 Å². The first-order valence-electron chi connectivity index (χ1n) is 5.81. The van der Waals surface area contributed by atoms with E-state index in [2.05, 4.69) is 24.0 Å². The predicted octanol–water partition coefficient (Wildman–Crippen LogP) is 3.46. The van der Waals surface area contributed by atoms with Crippen molar-refractivity contribution >= 4 is 11.3 Å². The summed E-state index contributed by atoms with van der Waals surface area (Å²) in [7, 11) is 0. The van der Waals surface area contributed by atoms with Crippen molar-refractivity contribution in [2.24, 2.45) is 0 Å². The van der Waals surface area contributed by atoms with Crippen molar-refractivity contribution in [3.05, 3.63) is 45.4 Å². The fourth-order valence-electron chi connectivity index (χ4n) is 1.69. The highest BCUT2D eigenvalue weighted by Crippen LogP contribution is 2.22. The van der Waals surface area contributed by atoms with E-state index in [4.69, 9.17) is 10.00 Å². The highest BCUT2D eigenvalue weighted by molar-refractivity contribution is 7.12. The minimum absolute atomic E-state index is 0.421. The Morgan fingerprint density at radius 1 is 1.39 bits per heavy atom. The van der Waals surface area contributed by atoms with Gasteiger partial charge in [0.05, 0.1) is 5.69 Å². The lowest BCUT2D eigenvalue weighted by molar-refractivity contribution is 0.302. The molecular weight excluding hydrogens is 244 g/mol. The molecule has 4 heteroatoms. The summed E-state index contributed by atoms with van der Waals surface area (Å²) in [6, 6.07) is 10.1. The first kappa shape index (κ1) is 12.6. The normalized spacial score (nSPS) is 10.1. The van der Waals surface area contributed by atoms with Crippen molar-refractivity contribution in [3.8, 4) is 11.8 Å². The van der Waals surface area contributed by atoms with Gasteiger partial charge in [-0.3, -0.25) is 0 Å². The lowest BCUT2D eigenvalue weighted by atomic mass is 10.1. The number of thiazole rings is 1. The van der Waals surface area contributed by atoms with Gasteiger partial charge in [0.15, 0.2) is 0 Å². The van der Waals surface area contributed by atoms with Crippen LogP contribution in [0, 0.1) is 18.3 Å². The largest absolute Gasteiger partial charge is 0.486 e. The second-order valence-electron chi connectivity index (χ2n) is 3.88. The maximum absolute atomic E-state index is 8.88. The van der Waals surface area contributed by atoms with Crippen molar-refractivity contribution in [3.63, 3.8) is 0 Å². The zero-order valence-corrected chi connectivity index (χ0v) is 11.3. The van der Waals surface area contributed by atoms with Gasteiger partial charge in [0, 0.05) is 0 Å². The lowest BCUT2D eigenvalue weighted by Crippen LogP contribution is -1.97. The van der Waals surface area contributed by atoms with Gasteiger partial charge in [-0.25, -0.2) is 4.98 Å². The number of aromatic nitrogens is 1. The maximum atomic E-state index is 8.88. The number of para-hydroxylation sites is 1. The Balaban J connectivity index is 2.09. The first-order valence-corrected chi connectivity index (χ1v) is 6.63. The molecule has 0 aliphatic rings. The molecule has 0 saturated heterocycles. The van der Waals surface area contributed by atoms with E-state index >= 15 is 0 Å². The molecule has 0 saturated carbocycles. The molecule has 2 aromatic rings. The van der Waals surface area contributed by atoms with Crippen LogP contribution in [0.1, 0.15) is 28.1 Å². The van der Waals surface area contributed by atoms with Crippen LogP contribution >= 0.6 is 11.3 Å². The molecule has 1 aromatic heterocycles. The van der Waals surface area contributed by atoms with Crippen LogP contribution in [0.25, 0.3) is 0 Å². The summed E-state index contributed by atoms with van der Waals surface area (Å²) < 4.78 is 5.77. The van der Waals surface area contributed by atoms with Gasteiger partial charge in [-0.05, 0) is 25.0 Å². The minimum Gasteiger partial charge on any atom is -0.486 e. The van der Waals surface area contributed by atoms with Gasteiger partial charge in [0.1, 0.15) is 28.3 Å². The van der Waals surface area contributed by atoms with Crippen LogP contribution < -0.4 is 4.74 Å². The standard InChI is InChI=1S/C14H14N2OS/c1-3-11-6-4-5-7-12(11)17-9-14-16-10(2)13(8-15)18-14/h4-7H,3,9H2,1-2H3. The molecule has 0 radical (unpaired) electrons. The molecule has 0 atom stereocenters. The number of aryl methyl sites for hydroxylation is 2. The summed E-state index contributed by atoms with van der Waals surface area (Å²) in [6.45, 7) is 4.37. The van der Waals surface area contributed by atoms with E-state index in [0.29, 0.717) is 11.5 Å². The fraction of sp³-hybridized carbons (Fsp3) is 0.286. The highest BCUT2D eigenvalue weighted by Gasteiger charge is 2.08. The monoisotopic (exact) mass is 258 g/mol. The molecule has 0 fully saturated rings. The van der Waals surface area contributed by atoms with Crippen molar-refractivity contribution in [2.75, 3.05) is 0 Å². The molecule has 1 aromatic carbocycles. The van der Waals surface area contributed by atoms with Gasteiger partial charge in [-0.15, -0.1) is 11.3 Å². The molecule has 0 spiro atoms. The molecule has 18 heavy (non-hydrogen) atoms. The summed E-state index contributed by atoms with van der Waals surface area (Å²) in [5, 5.41) is 9.72. The topological polar surface area (TPSA) is 45.9 Å². The van der Waals surface area contributed by atoms with E-state index in [1.165, 1.54) is 16.9 Å². The molecule has 0 N–H and O–H groups in total. The average Bonchev–Trinajstić information content (AvgIpc) is 2.77.